The number of hydrogen-bond acceptors (Lipinski definition) is 5. The van der Waals surface area contributed by atoms with Crippen LogP contribution in [0.4, 0.5) is 4.39 Å². The zero-order valence-corrected chi connectivity index (χ0v) is 18.5. The molecule has 28 heavy (non-hydrogen) atoms. The maximum Gasteiger partial charge on any atom is 0.203 e. The predicted molar refractivity (Wildman–Crippen MR) is 117 cm³/mol. The standard InChI is InChI=1S/C19H24FN3O4.HI/c1-21-19(22-10-12-5-6-15(24)14(20)7-12)23-11-13-8-16(25-2)18(27-4)17(9-13)26-3;/h5-9,24H,10-11H2,1-4H3,(H2,21,22,23);1H. The number of halogens is 2. The van der Waals surface area contributed by atoms with Gasteiger partial charge < -0.3 is 30.0 Å². The quantitative estimate of drug-likeness (QED) is 0.305. The first-order chi connectivity index (χ1) is 13.0. The molecule has 0 amide bonds. The van der Waals surface area contributed by atoms with Gasteiger partial charge in [-0.2, -0.15) is 0 Å². The summed E-state index contributed by atoms with van der Waals surface area (Å²) in [7, 11) is 6.32. The molecule has 2 aromatic carbocycles. The molecule has 154 valence electrons. The zero-order chi connectivity index (χ0) is 19.8. The van der Waals surface area contributed by atoms with E-state index in [1.807, 2.05) is 12.1 Å². The second kappa shape index (κ2) is 11.4. The minimum absolute atomic E-state index is 0. The molecule has 2 aromatic rings. The van der Waals surface area contributed by atoms with Gasteiger partial charge in [0.15, 0.2) is 29.0 Å². The fourth-order valence-electron chi connectivity index (χ4n) is 2.49. The molecule has 0 aliphatic carbocycles. The zero-order valence-electron chi connectivity index (χ0n) is 16.2. The lowest BCUT2D eigenvalue weighted by Crippen LogP contribution is -2.36. The van der Waals surface area contributed by atoms with E-state index in [1.165, 1.54) is 12.1 Å². The molecule has 0 atom stereocenters. The summed E-state index contributed by atoms with van der Waals surface area (Å²) in [5.74, 6) is 1.17. The number of methoxy groups -OCH3 is 3. The number of guanidine groups is 1. The number of benzene rings is 2. The SMILES string of the molecule is CN=C(NCc1ccc(O)c(F)c1)NCc1cc(OC)c(OC)c(OC)c1.I. The predicted octanol–water partition coefficient (Wildman–Crippen LogP) is 3.04. The molecule has 0 radical (unpaired) electrons. The molecule has 3 N–H and O–H groups in total. The fraction of sp³-hybridized carbons (Fsp3) is 0.316. The lowest BCUT2D eigenvalue weighted by Gasteiger charge is -2.16. The van der Waals surface area contributed by atoms with Gasteiger partial charge in [0.2, 0.25) is 5.75 Å². The molecule has 0 unspecified atom stereocenters. The van der Waals surface area contributed by atoms with Crippen molar-refractivity contribution in [3.05, 3.63) is 47.3 Å². The minimum atomic E-state index is -0.658. The first-order valence-corrected chi connectivity index (χ1v) is 8.23. The summed E-state index contributed by atoms with van der Waals surface area (Å²) in [5.41, 5.74) is 1.59. The number of phenolic OH excluding ortho intramolecular Hbond substituents is 1. The van der Waals surface area contributed by atoms with Crippen LogP contribution in [0.3, 0.4) is 0 Å². The lowest BCUT2D eigenvalue weighted by atomic mass is 10.2. The Balaban J connectivity index is 0.00000392. The molecule has 7 nitrogen and oxygen atoms in total. The normalized spacial score (nSPS) is 10.7. The molecule has 0 aromatic heterocycles. The van der Waals surface area contributed by atoms with Gasteiger partial charge in [-0.05, 0) is 35.4 Å². The van der Waals surface area contributed by atoms with Gasteiger partial charge in [0, 0.05) is 20.1 Å². The molecular weight excluding hydrogens is 480 g/mol. The van der Waals surface area contributed by atoms with Crippen LogP contribution in [-0.2, 0) is 13.1 Å². The van der Waals surface area contributed by atoms with E-state index >= 15 is 0 Å². The lowest BCUT2D eigenvalue weighted by molar-refractivity contribution is 0.323. The molecule has 0 heterocycles. The van der Waals surface area contributed by atoms with Crippen LogP contribution < -0.4 is 24.8 Å². The number of rotatable bonds is 7. The number of ether oxygens (including phenoxy) is 3. The molecular formula is C19H25FIN3O4. The molecule has 9 heteroatoms. The Morgan fingerprint density at radius 1 is 0.964 bits per heavy atom. The average molecular weight is 505 g/mol. The Kier molecular flexibility index (Phi) is 9.63. The highest BCUT2D eigenvalue weighted by molar-refractivity contribution is 14.0. The van der Waals surface area contributed by atoms with Crippen LogP contribution in [0.5, 0.6) is 23.0 Å². The van der Waals surface area contributed by atoms with Crippen LogP contribution in [0.15, 0.2) is 35.3 Å². The van der Waals surface area contributed by atoms with Crippen molar-refractivity contribution in [2.75, 3.05) is 28.4 Å². The van der Waals surface area contributed by atoms with Crippen molar-refractivity contribution in [3.63, 3.8) is 0 Å². The molecule has 0 saturated carbocycles. The van der Waals surface area contributed by atoms with E-state index in [0.717, 1.165) is 5.56 Å². The van der Waals surface area contributed by atoms with Gasteiger partial charge in [-0.1, -0.05) is 6.07 Å². The van der Waals surface area contributed by atoms with E-state index in [0.29, 0.717) is 41.9 Å². The summed E-state index contributed by atoms with van der Waals surface area (Å²) in [6.07, 6.45) is 0. The molecule has 0 saturated heterocycles. The number of aromatic hydroxyl groups is 1. The van der Waals surface area contributed by atoms with E-state index < -0.39 is 5.82 Å². The van der Waals surface area contributed by atoms with Crippen molar-refractivity contribution in [3.8, 4) is 23.0 Å². The molecule has 0 bridgehead atoms. The second-order valence-corrected chi connectivity index (χ2v) is 5.60. The van der Waals surface area contributed by atoms with Crippen LogP contribution in [0.25, 0.3) is 0 Å². The number of aliphatic imine (C=N–C) groups is 1. The monoisotopic (exact) mass is 505 g/mol. The van der Waals surface area contributed by atoms with Gasteiger partial charge >= 0.3 is 0 Å². The van der Waals surface area contributed by atoms with E-state index in [4.69, 9.17) is 14.2 Å². The maximum absolute atomic E-state index is 13.4. The largest absolute Gasteiger partial charge is 0.505 e. The van der Waals surface area contributed by atoms with Crippen molar-refractivity contribution in [2.24, 2.45) is 4.99 Å². The summed E-state index contributed by atoms with van der Waals surface area (Å²) in [4.78, 5) is 4.14. The summed E-state index contributed by atoms with van der Waals surface area (Å²) in [5, 5.41) is 15.5. The Bertz CT molecular complexity index is 793. The molecule has 0 spiro atoms. The summed E-state index contributed by atoms with van der Waals surface area (Å²) in [6, 6.07) is 7.92. The van der Waals surface area contributed by atoms with E-state index in [1.54, 1.807) is 34.4 Å². The smallest absolute Gasteiger partial charge is 0.203 e. The minimum Gasteiger partial charge on any atom is -0.505 e. The van der Waals surface area contributed by atoms with Crippen molar-refractivity contribution in [2.45, 2.75) is 13.1 Å². The highest BCUT2D eigenvalue weighted by Crippen LogP contribution is 2.38. The topological polar surface area (TPSA) is 84.3 Å². The summed E-state index contributed by atoms with van der Waals surface area (Å²) in [6.45, 7) is 0.812. The van der Waals surface area contributed by atoms with Crippen LogP contribution in [0, 0.1) is 5.82 Å². The van der Waals surface area contributed by atoms with Crippen molar-refractivity contribution in [1.29, 1.82) is 0 Å². The first-order valence-electron chi connectivity index (χ1n) is 8.23. The molecule has 0 fully saturated rings. The maximum atomic E-state index is 13.4. The van der Waals surface area contributed by atoms with E-state index in [-0.39, 0.29) is 29.7 Å². The highest BCUT2D eigenvalue weighted by atomic mass is 127. The van der Waals surface area contributed by atoms with Gasteiger partial charge in [-0.25, -0.2) is 4.39 Å². The third-order valence-electron chi connectivity index (χ3n) is 3.88. The Morgan fingerprint density at radius 2 is 1.54 bits per heavy atom. The van der Waals surface area contributed by atoms with Crippen LogP contribution in [0.1, 0.15) is 11.1 Å². The van der Waals surface area contributed by atoms with Crippen LogP contribution in [0.2, 0.25) is 0 Å². The first kappa shape index (κ1) is 23.6. The Morgan fingerprint density at radius 3 is 2.00 bits per heavy atom. The fourth-order valence-corrected chi connectivity index (χ4v) is 2.49. The number of hydrogen-bond donors (Lipinski definition) is 3. The van der Waals surface area contributed by atoms with Gasteiger partial charge in [0.25, 0.3) is 0 Å². The molecule has 0 aliphatic heterocycles. The van der Waals surface area contributed by atoms with E-state index in [9.17, 15) is 9.50 Å². The van der Waals surface area contributed by atoms with Gasteiger partial charge in [0.05, 0.1) is 21.3 Å². The second-order valence-electron chi connectivity index (χ2n) is 5.60. The summed E-state index contributed by atoms with van der Waals surface area (Å²) < 4.78 is 29.4. The van der Waals surface area contributed by atoms with Gasteiger partial charge in [-0.15, -0.1) is 24.0 Å². The van der Waals surface area contributed by atoms with Crippen molar-refractivity contribution in [1.82, 2.24) is 10.6 Å². The molecule has 0 aliphatic rings. The Hall–Kier alpha value is -2.43. The third-order valence-corrected chi connectivity index (χ3v) is 3.88. The van der Waals surface area contributed by atoms with Gasteiger partial charge in [-0.3, -0.25) is 4.99 Å². The number of phenols is 1. The average Bonchev–Trinajstić information content (AvgIpc) is 2.69. The number of nitrogens with one attached hydrogen (secondary N) is 2. The molecule has 2 rings (SSSR count). The summed E-state index contributed by atoms with van der Waals surface area (Å²) >= 11 is 0. The van der Waals surface area contributed by atoms with Gasteiger partial charge in [0.1, 0.15) is 0 Å². The van der Waals surface area contributed by atoms with Crippen molar-refractivity contribution >= 4 is 29.9 Å². The third kappa shape index (κ3) is 6.04. The number of nitrogens with zero attached hydrogens (tertiary/aromatic N) is 1. The van der Waals surface area contributed by atoms with Crippen LogP contribution in [-0.4, -0.2) is 39.4 Å². The van der Waals surface area contributed by atoms with Crippen molar-refractivity contribution < 1.29 is 23.7 Å². The van der Waals surface area contributed by atoms with E-state index in [2.05, 4.69) is 15.6 Å². The van der Waals surface area contributed by atoms with Crippen LogP contribution >= 0.6 is 24.0 Å². The highest BCUT2D eigenvalue weighted by Gasteiger charge is 2.13. The Labute approximate surface area is 180 Å².